The standard InChI is InChI=1S/C18H29N/c1-15(2)12-17-8-7-9-18(14-17)13-16(3)19-10-5-4-6-11-19/h7-9,14-16H,4-6,10-13H2,1-3H3. The van der Waals surface area contributed by atoms with Gasteiger partial charge in [0.25, 0.3) is 0 Å². The molecule has 2 rings (SSSR count). The minimum Gasteiger partial charge on any atom is -0.300 e. The Balaban J connectivity index is 1.93. The van der Waals surface area contributed by atoms with Crippen molar-refractivity contribution in [1.82, 2.24) is 4.90 Å². The Hall–Kier alpha value is -0.820. The zero-order valence-electron chi connectivity index (χ0n) is 12.9. The van der Waals surface area contributed by atoms with Crippen LogP contribution < -0.4 is 0 Å². The summed E-state index contributed by atoms with van der Waals surface area (Å²) in [5, 5.41) is 0. The first-order valence-corrected chi connectivity index (χ1v) is 7.97. The Kier molecular flexibility index (Phi) is 5.45. The SMILES string of the molecule is CC(C)Cc1cccc(CC(C)N2CCCCC2)c1. The molecule has 1 aromatic carbocycles. The van der Waals surface area contributed by atoms with Crippen molar-refractivity contribution in [3.05, 3.63) is 35.4 Å². The topological polar surface area (TPSA) is 3.24 Å². The second-order valence-electron chi connectivity index (χ2n) is 6.57. The van der Waals surface area contributed by atoms with Gasteiger partial charge >= 0.3 is 0 Å². The molecule has 0 saturated carbocycles. The highest BCUT2D eigenvalue weighted by atomic mass is 15.1. The van der Waals surface area contributed by atoms with E-state index >= 15 is 0 Å². The maximum Gasteiger partial charge on any atom is 0.0107 e. The van der Waals surface area contributed by atoms with Gasteiger partial charge in [0, 0.05) is 6.04 Å². The second kappa shape index (κ2) is 7.09. The minimum absolute atomic E-state index is 0.689. The lowest BCUT2D eigenvalue weighted by Crippen LogP contribution is -2.38. The highest BCUT2D eigenvalue weighted by Gasteiger charge is 2.16. The van der Waals surface area contributed by atoms with Crippen LogP contribution in [-0.2, 0) is 12.8 Å². The van der Waals surface area contributed by atoms with E-state index in [1.165, 1.54) is 56.3 Å². The van der Waals surface area contributed by atoms with Crippen molar-refractivity contribution in [3.63, 3.8) is 0 Å². The predicted octanol–water partition coefficient (Wildman–Crippen LogP) is 4.30. The van der Waals surface area contributed by atoms with Crippen molar-refractivity contribution < 1.29 is 0 Å². The zero-order chi connectivity index (χ0) is 13.7. The number of nitrogens with zero attached hydrogens (tertiary/aromatic N) is 1. The predicted molar refractivity (Wildman–Crippen MR) is 83.6 cm³/mol. The maximum absolute atomic E-state index is 2.67. The van der Waals surface area contributed by atoms with Gasteiger partial charge in [-0.1, -0.05) is 44.5 Å². The van der Waals surface area contributed by atoms with Crippen LogP contribution in [0.25, 0.3) is 0 Å². The van der Waals surface area contributed by atoms with Gasteiger partial charge in [-0.3, -0.25) is 0 Å². The van der Waals surface area contributed by atoms with Crippen molar-refractivity contribution in [2.75, 3.05) is 13.1 Å². The Bertz CT molecular complexity index is 377. The number of rotatable bonds is 5. The first kappa shape index (κ1) is 14.6. The molecule has 1 aliphatic rings. The number of piperidine rings is 1. The largest absolute Gasteiger partial charge is 0.300 e. The smallest absolute Gasteiger partial charge is 0.0107 e. The average molecular weight is 259 g/mol. The minimum atomic E-state index is 0.689. The van der Waals surface area contributed by atoms with Gasteiger partial charge in [-0.2, -0.15) is 0 Å². The summed E-state index contributed by atoms with van der Waals surface area (Å²) >= 11 is 0. The molecule has 0 spiro atoms. The lowest BCUT2D eigenvalue weighted by Gasteiger charge is -2.32. The molecule has 1 unspecified atom stereocenters. The molecule has 0 bridgehead atoms. The monoisotopic (exact) mass is 259 g/mol. The van der Waals surface area contributed by atoms with Crippen LogP contribution in [-0.4, -0.2) is 24.0 Å². The molecule has 1 heteroatoms. The third-order valence-electron chi connectivity index (χ3n) is 4.18. The van der Waals surface area contributed by atoms with Crippen LogP contribution >= 0.6 is 0 Å². The molecule has 1 nitrogen and oxygen atoms in total. The van der Waals surface area contributed by atoms with E-state index in [9.17, 15) is 0 Å². The van der Waals surface area contributed by atoms with E-state index in [0.717, 1.165) is 5.92 Å². The van der Waals surface area contributed by atoms with E-state index in [1.807, 2.05) is 0 Å². The molecule has 0 aliphatic carbocycles. The quantitative estimate of drug-likeness (QED) is 0.762. The summed E-state index contributed by atoms with van der Waals surface area (Å²) in [4.78, 5) is 2.67. The van der Waals surface area contributed by atoms with Crippen molar-refractivity contribution >= 4 is 0 Å². The molecular weight excluding hydrogens is 230 g/mol. The van der Waals surface area contributed by atoms with E-state index in [-0.39, 0.29) is 0 Å². The van der Waals surface area contributed by atoms with Crippen molar-refractivity contribution in [2.45, 2.75) is 58.9 Å². The van der Waals surface area contributed by atoms with Gasteiger partial charge in [-0.05, 0) is 62.7 Å². The van der Waals surface area contributed by atoms with E-state index in [1.54, 1.807) is 0 Å². The van der Waals surface area contributed by atoms with E-state index in [2.05, 4.69) is 49.9 Å². The Morgan fingerprint density at radius 1 is 0.947 bits per heavy atom. The Morgan fingerprint density at radius 3 is 2.21 bits per heavy atom. The molecule has 1 aliphatic heterocycles. The van der Waals surface area contributed by atoms with Crippen LogP contribution in [0.3, 0.4) is 0 Å². The number of likely N-dealkylation sites (tertiary alicyclic amines) is 1. The first-order valence-electron chi connectivity index (χ1n) is 7.97. The summed E-state index contributed by atoms with van der Waals surface area (Å²) in [5.41, 5.74) is 3.01. The number of hydrogen-bond donors (Lipinski definition) is 0. The summed E-state index contributed by atoms with van der Waals surface area (Å²) in [6.45, 7) is 9.58. The van der Waals surface area contributed by atoms with Gasteiger partial charge in [0.2, 0.25) is 0 Å². The lowest BCUT2D eigenvalue weighted by atomic mass is 9.97. The molecule has 0 radical (unpaired) electrons. The molecule has 0 aromatic heterocycles. The van der Waals surface area contributed by atoms with Gasteiger partial charge in [-0.25, -0.2) is 0 Å². The van der Waals surface area contributed by atoms with Crippen LogP contribution in [0.15, 0.2) is 24.3 Å². The van der Waals surface area contributed by atoms with Crippen LogP contribution in [0.2, 0.25) is 0 Å². The van der Waals surface area contributed by atoms with E-state index in [4.69, 9.17) is 0 Å². The molecule has 1 heterocycles. The molecule has 0 amide bonds. The van der Waals surface area contributed by atoms with Gasteiger partial charge in [0.1, 0.15) is 0 Å². The summed E-state index contributed by atoms with van der Waals surface area (Å²) in [6, 6.07) is 9.91. The maximum atomic E-state index is 2.67. The van der Waals surface area contributed by atoms with Gasteiger partial charge in [0.15, 0.2) is 0 Å². The molecule has 1 fully saturated rings. The normalized spacial score (nSPS) is 18.7. The lowest BCUT2D eigenvalue weighted by molar-refractivity contribution is 0.173. The fourth-order valence-electron chi connectivity index (χ4n) is 3.18. The van der Waals surface area contributed by atoms with E-state index < -0.39 is 0 Å². The average Bonchev–Trinajstić information content (AvgIpc) is 2.39. The summed E-state index contributed by atoms with van der Waals surface area (Å²) in [5.74, 6) is 0.745. The van der Waals surface area contributed by atoms with Crippen molar-refractivity contribution in [1.29, 1.82) is 0 Å². The molecule has 1 saturated heterocycles. The summed E-state index contributed by atoms with van der Waals surface area (Å²) in [6.07, 6.45) is 6.60. The molecular formula is C18H29N. The molecule has 1 atom stereocenters. The first-order chi connectivity index (χ1) is 9.15. The molecule has 1 aromatic rings. The van der Waals surface area contributed by atoms with Crippen LogP contribution in [0, 0.1) is 5.92 Å². The van der Waals surface area contributed by atoms with E-state index in [0.29, 0.717) is 6.04 Å². The van der Waals surface area contributed by atoms with Gasteiger partial charge < -0.3 is 4.90 Å². The summed E-state index contributed by atoms with van der Waals surface area (Å²) < 4.78 is 0. The third-order valence-corrected chi connectivity index (χ3v) is 4.18. The fraction of sp³-hybridized carbons (Fsp3) is 0.667. The van der Waals surface area contributed by atoms with Crippen molar-refractivity contribution in [2.24, 2.45) is 5.92 Å². The van der Waals surface area contributed by atoms with Crippen LogP contribution in [0.5, 0.6) is 0 Å². The Morgan fingerprint density at radius 2 is 1.58 bits per heavy atom. The zero-order valence-corrected chi connectivity index (χ0v) is 12.9. The van der Waals surface area contributed by atoms with Crippen LogP contribution in [0.1, 0.15) is 51.2 Å². The fourth-order valence-corrected chi connectivity index (χ4v) is 3.18. The highest BCUT2D eigenvalue weighted by molar-refractivity contribution is 5.24. The van der Waals surface area contributed by atoms with Crippen molar-refractivity contribution in [3.8, 4) is 0 Å². The Labute approximate surface area is 119 Å². The third kappa shape index (κ3) is 4.65. The number of benzene rings is 1. The van der Waals surface area contributed by atoms with Crippen LogP contribution in [0.4, 0.5) is 0 Å². The number of hydrogen-bond acceptors (Lipinski definition) is 1. The van der Waals surface area contributed by atoms with Gasteiger partial charge in [0.05, 0.1) is 0 Å². The highest BCUT2D eigenvalue weighted by Crippen LogP contribution is 2.17. The molecule has 106 valence electrons. The molecule has 19 heavy (non-hydrogen) atoms. The molecule has 0 N–H and O–H groups in total. The summed E-state index contributed by atoms with van der Waals surface area (Å²) in [7, 11) is 0. The second-order valence-corrected chi connectivity index (χ2v) is 6.57. The van der Waals surface area contributed by atoms with Gasteiger partial charge in [-0.15, -0.1) is 0 Å².